The molecule has 1 aliphatic rings. The predicted octanol–water partition coefficient (Wildman–Crippen LogP) is 4.43. The van der Waals surface area contributed by atoms with Crippen LogP contribution in [0.4, 0.5) is 17.1 Å². The molecule has 0 radical (unpaired) electrons. The molecule has 1 aromatic heterocycles. The van der Waals surface area contributed by atoms with E-state index < -0.39 is 0 Å². The minimum absolute atomic E-state index is 0.296. The minimum atomic E-state index is -0.296. The van der Waals surface area contributed by atoms with Crippen LogP contribution in [0.2, 0.25) is 0 Å². The molecule has 0 saturated heterocycles. The van der Waals surface area contributed by atoms with Crippen molar-refractivity contribution in [1.82, 2.24) is 4.98 Å². The van der Waals surface area contributed by atoms with Crippen molar-refractivity contribution in [1.29, 1.82) is 0 Å². The Morgan fingerprint density at radius 2 is 1.93 bits per heavy atom. The van der Waals surface area contributed by atoms with E-state index >= 15 is 0 Å². The highest BCUT2D eigenvalue weighted by Crippen LogP contribution is 2.38. The van der Waals surface area contributed by atoms with E-state index in [0.717, 1.165) is 12.1 Å². The zero-order valence-electron chi connectivity index (χ0n) is 16.7. The molecule has 4 rings (SSSR count). The van der Waals surface area contributed by atoms with Gasteiger partial charge >= 0.3 is 0 Å². The molecule has 6 nitrogen and oxygen atoms in total. The average molecular weight is 389 g/mol. The summed E-state index contributed by atoms with van der Waals surface area (Å²) in [4.78, 5) is 19.4. The Balaban J connectivity index is 1.60. The summed E-state index contributed by atoms with van der Waals surface area (Å²) in [5.74, 6) is 0.882. The lowest BCUT2D eigenvalue weighted by Crippen LogP contribution is -2.24. The zero-order valence-corrected chi connectivity index (χ0v) is 16.7. The molecule has 148 valence electrons. The number of carbonyl (C=O) groups excluding carboxylic acids is 1. The first kappa shape index (κ1) is 18.8. The molecule has 29 heavy (non-hydrogen) atoms. The zero-order chi connectivity index (χ0) is 20.4. The molecular weight excluding hydrogens is 366 g/mol. The first-order valence-electron chi connectivity index (χ1n) is 9.47. The molecule has 6 heteroatoms. The maximum atomic E-state index is 12.9. The van der Waals surface area contributed by atoms with Crippen molar-refractivity contribution in [3.63, 3.8) is 0 Å². The van der Waals surface area contributed by atoms with Crippen LogP contribution in [0, 0.1) is 0 Å². The summed E-state index contributed by atoms with van der Waals surface area (Å²) in [7, 11) is 3.13. The van der Waals surface area contributed by atoms with Gasteiger partial charge in [-0.15, -0.1) is 0 Å². The van der Waals surface area contributed by atoms with Crippen LogP contribution in [-0.4, -0.2) is 31.2 Å². The van der Waals surface area contributed by atoms with E-state index in [9.17, 15) is 4.79 Å². The van der Waals surface area contributed by atoms with Crippen molar-refractivity contribution < 1.29 is 14.3 Å². The van der Waals surface area contributed by atoms with Crippen molar-refractivity contribution >= 4 is 23.0 Å². The normalized spacial score (nSPS) is 15.0. The second-order valence-electron chi connectivity index (χ2n) is 6.97. The molecule has 1 N–H and O–H groups in total. The number of para-hydroxylation sites is 1. The molecule has 2 aromatic carbocycles. The first-order valence-corrected chi connectivity index (χ1v) is 9.47. The van der Waals surface area contributed by atoms with E-state index in [1.165, 1.54) is 11.3 Å². The largest absolute Gasteiger partial charge is 0.497 e. The highest BCUT2D eigenvalue weighted by atomic mass is 16.5. The minimum Gasteiger partial charge on any atom is -0.497 e. The van der Waals surface area contributed by atoms with Gasteiger partial charge in [0.1, 0.15) is 17.2 Å². The van der Waals surface area contributed by atoms with Gasteiger partial charge in [-0.2, -0.15) is 0 Å². The Hall–Kier alpha value is -3.54. The van der Waals surface area contributed by atoms with Crippen LogP contribution in [0.3, 0.4) is 0 Å². The maximum absolute atomic E-state index is 12.9. The fourth-order valence-corrected chi connectivity index (χ4v) is 3.74. The first-order chi connectivity index (χ1) is 14.1. The van der Waals surface area contributed by atoms with E-state index in [4.69, 9.17) is 9.47 Å². The van der Waals surface area contributed by atoms with Crippen LogP contribution in [0.25, 0.3) is 0 Å². The average Bonchev–Trinajstić information content (AvgIpc) is 3.09. The molecule has 0 spiro atoms. The van der Waals surface area contributed by atoms with Crippen molar-refractivity contribution in [3.8, 4) is 11.5 Å². The maximum Gasteiger partial charge on any atom is 0.274 e. The molecule has 0 bridgehead atoms. The van der Waals surface area contributed by atoms with Crippen LogP contribution in [0.1, 0.15) is 23.0 Å². The summed E-state index contributed by atoms with van der Waals surface area (Å²) < 4.78 is 10.6. The lowest BCUT2D eigenvalue weighted by Gasteiger charge is -2.25. The third-order valence-corrected chi connectivity index (χ3v) is 5.12. The number of rotatable bonds is 5. The standard InChI is InChI=1S/C23H23N3O3/c1-15-12-16-6-4-5-7-21(16)26(15)17-10-11-24-20(13-17)23(27)25-19-9-8-18(28-2)14-22(19)29-3/h4-11,13-15H,12H2,1-3H3,(H,25,27). The Labute approximate surface area is 170 Å². The van der Waals surface area contributed by atoms with Crippen LogP contribution >= 0.6 is 0 Å². The van der Waals surface area contributed by atoms with E-state index in [1.807, 2.05) is 18.2 Å². The van der Waals surface area contributed by atoms with E-state index in [2.05, 4.69) is 40.3 Å². The van der Waals surface area contributed by atoms with Crippen LogP contribution in [-0.2, 0) is 6.42 Å². The number of pyridine rings is 1. The molecule has 1 atom stereocenters. The van der Waals surface area contributed by atoms with Gasteiger partial charge in [0.15, 0.2) is 0 Å². The Bertz CT molecular complexity index is 1050. The third kappa shape index (κ3) is 3.61. The van der Waals surface area contributed by atoms with Crippen LogP contribution < -0.4 is 19.7 Å². The Kier molecular flexibility index (Phi) is 5.08. The van der Waals surface area contributed by atoms with Gasteiger partial charge in [0, 0.05) is 29.7 Å². The third-order valence-electron chi connectivity index (χ3n) is 5.12. The highest BCUT2D eigenvalue weighted by Gasteiger charge is 2.27. The number of amides is 1. The van der Waals surface area contributed by atoms with E-state index in [-0.39, 0.29) is 5.91 Å². The number of aromatic nitrogens is 1. The van der Waals surface area contributed by atoms with Crippen LogP contribution in [0.15, 0.2) is 60.8 Å². The second kappa shape index (κ2) is 7.83. The number of nitrogens with one attached hydrogen (secondary N) is 1. The summed E-state index contributed by atoms with van der Waals surface area (Å²) >= 11 is 0. The van der Waals surface area contributed by atoms with Gasteiger partial charge < -0.3 is 19.7 Å². The topological polar surface area (TPSA) is 63.7 Å². The van der Waals surface area contributed by atoms with Crippen molar-refractivity contribution in [2.45, 2.75) is 19.4 Å². The summed E-state index contributed by atoms with van der Waals surface area (Å²) in [6, 6.07) is 17.7. The summed E-state index contributed by atoms with van der Waals surface area (Å²) in [5.41, 5.74) is 4.34. The van der Waals surface area contributed by atoms with Gasteiger partial charge in [-0.25, -0.2) is 0 Å². The quantitative estimate of drug-likeness (QED) is 0.699. The summed E-state index contributed by atoms with van der Waals surface area (Å²) in [6.45, 7) is 2.18. The number of ether oxygens (including phenoxy) is 2. The second-order valence-corrected chi connectivity index (χ2v) is 6.97. The van der Waals surface area contributed by atoms with Gasteiger partial charge in [-0.05, 0) is 49.2 Å². The molecule has 0 aliphatic carbocycles. The van der Waals surface area contributed by atoms with Crippen LogP contribution in [0.5, 0.6) is 11.5 Å². The predicted molar refractivity (Wildman–Crippen MR) is 113 cm³/mol. The fraction of sp³-hybridized carbons (Fsp3) is 0.217. The van der Waals surface area contributed by atoms with Gasteiger partial charge in [0.25, 0.3) is 5.91 Å². The number of methoxy groups -OCH3 is 2. The summed E-state index contributed by atoms with van der Waals surface area (Å²) in [6.07, 6.45) is 2.65. The Morgan fingerprint density at radius 1 is 1.10 bits per heavy atom. The molecule has 1 unspecified atom stereocenters. The van der Waals surface area contributed by atoms with Gasteiger partial charge in [-0.3, -0.25) is 9.78 Å². The molecule has 1 aliphatic heterocycles. The highest BCUT2D eigenvalue weighted by molar-refractivity contribution is 6.04. The van der Waals surface area contributed by atoms with E-state index in [1.54, 1.807) is 38.6 Å². The number of hydrogen-bond donors (Lipinski definition) is 1. The fourth-order valence-electron chi connectivity index (χ4n) is 3.74. The number of fused-ring (bicyclic) bond motifs is 1. The molecule has 1 amide bonds. The monoisotopic (exact) mass is 389 g/mol. The van der Waals surface area contributed by atoms with Gasteiger partial charge in [0.2, 0.25) is 0 Å². The summed E-state index contributed by atoms with van der Waals surface area (Å²) in [5, 5.41) is 2.88. The van der Waals surface area contributed by atoms with E-state index in [0.29, 0.717) is 28.9 Å². The number of anilines is 3. The molecule has 2 heterocycles. The van der Waals surface area contributed by atoms with Crippen molar-refractivity contribution in [2.24, 2.45) is 0 Å². The number of carbonyl (C=O) groups is 1. The molecule has 0 fully saturated rings. The SMILES string of the molecule is COc1ccc(NC(=O)c2cc(N3c4ccccc4CC3C)ccn2)c(OC)c1. The molecule has 3 aromatic rings. The Morgan fingerprint density at radius 3 is 2.72 bits per heavy atom. The van der Waals surface area contributed by atoms with Crippen molar-refractivity contribution in [3.05, 3.63) is 72.1 Å². The smallest absolute Gasteiger partial charge is 0.274 e. The molecular formula is C23H23N3O3. The molecule has 0 saturated carbocycles. The lowest BCUT2D eigenvalue weighted by atomic mass is 10.1. The number of nitrogens with zero attached hydrogens (tertiary/aromatic N) is 2. The van der Waals surface area contributed by atoms with Crippen molar-refractivity contribution in [2.75, 3.05) is 24.4 Å². The van der Waals surface area contributed by atoms with Gasteiger partial charge in [-0.1, -0.05) is 18.2 Å². The number of hydrogen-bond acceptors (Lipinski definition) is 5. The van der Waals surface area contributed by atoms with Gasteiger partial charge in [0.05, 0.1) is 19.9 Å². The lowest BCUT2D eigenvalue weighted by molar-refractivity contribution is 0.102. The number of benzene rings is 2.